The number of fused-ring (bicyclic) bond motifs is 1. The molecular weight excluding hydrogens is 346 g/mol. The fourth-order valence-electron chi connectivity index (χ4n) is 3.64. The van der Waals surface area contributed by atoms with Crippen LogP contribution in [0.2, 0.25) is 0 Å². The second kappa shape index (κ2) is 6.41. The smallest absolute Gasteiger partial charge is 0.230 e. The van der Waals surface area contributed by atoms with Crippen molar-refractivity contribution in [2.24, 2.45) is 5.41 Å². The van der Waals surface area contributed by atoms with Crippen LogP contribution in [-0.4, -0.2) is 36.8 Å². The van der Waals surface area contributed by atoms with Crippen LogP contribution in [0.5, 0.6) is 0 Å². The van der Waals surface area contributed by atoms with Crippen LogP contribution in [0.4, 0.5) is 0 Å². The highest BCUT2D eigenvalue weighted by Gasteiger charge is 2.36. The molecule has 0 spiro atoms. The average molecular weight is 372 g/mol. The second-order valence-electron chi connectivity index (χ2n) is 7.74. The van der Waals surface area contributed by atoms with Gasteiger partial charge in [-0.2, -0.15) is 0 Å². The number of hydrogen-bond donors (Lipinski definition) is 1. The Morgan fingerprint density at radius 1 is 1.46 bits per heavy atom. The first-order valence-corrected chi connectivity index (χ1v) is 11.2. The molecule has 0 saturated carbocycles. The number of amides is 1. The summed E-state index contributed by atoms with van der Waals surface area (Å²) in [6, 6.07) is 1.99. The van der Waals surface area contributed by atoms with E-state index in [9.17, 15) is 13.2 Å². The lowest BCUT2D eigenvalue weighted by Crippen LogP contribution is -2.37. The summed E-state index contributed by atoms with van der Waals surface area (Å²) in [7, 11) is -2.89. The third-order valence-corrected chi connectivity index (χ3v) is 7.99. The van der Waals surface area contributed by atoms with E-state index in [0.717, 1.165) is 29.9 Å². The van der Waals surface area contributed by atoms with Crippen molar-refractivity contribution in [2.75, 3.05) is 17.3 Å². The maximum absolute atomic E-state index is 12.3. The number of thioether (sulfide) groups is 1. The van der Waals surface area contributed by atoms with E-state index in [-0.39, 0.29) is 34.1 Å². The predicted octanol–water partition coefficient (Wildman–Crippen LogP) is 2.64. The van der Waals surface area contributed by atoms with Crippen LogP contribution in [0, 0.1) is 12.3 Å². The zero-order chi connectivity index (χ0) is 17.5. The number of aryl methyl sites for hydroxylation is 1. The van der Waals surface area contributed by atoms with E-state index in [1.165, 1.54) is 11.8 Å². The average Bonchev–Trinajstić information content (AvgIpc) is 2.97. The number of furan rings is 1. The van der Waals surface area contributed by atoms with Gasteiger partial charge in [0.25, 0.3) is 0 Å². The summed E-state index contributed by atoms with van der Waals surface area (Å²) in [5.74, 6) is 2.58. The second-order valence-corrected chi connectivity index (χ2v) is 11.3. The Labute approximate surface area is 147 Å². The van der Waals surface area contributed by atoms with Gasteiger partial charge < -0.3 is 9.73 Å². The first kappa shape index (κ1) is 17.9. The zero-order valence-electron chi connectivity index (χ0n) is 14.4. The van der Waals surface area contributed by atoms with Crippen molar-refractivity contribution in [1.29, 1.82) is 0 Å². The maximum Gasteiger partial charge on any atom is 0.230 e. The lowest BCUT2D eigenvalue weighted by Gasteiger charge is -2.34. The number of nitrogens with one attached hydrogen (secondary N) is 1. The van der Waals surface area contributed by atoms with E-state index in [0.29, 0.717) is 12.2 Å². The lowest BCUT2D eigenvalue weighted by atomic mass is 9.75. The third kappa shape index (κ3) is 4.17. The van der Waals surface area contributed by atoms with Gasteiger partial charge in [-0.05, 0) is 31.2 Å². The van der Waals surface area contributed by atoms with Gasteiger partial charge in [0.1, 0.15) is 11.5 Å². The van der Waals surface area contributed by atoms with Gasteiger partial charge in [-0.15, -0.1) is 11.8 Å². The standard InChI is InChI=1S/C17H25NO4S2/c1-11-6-13-14(7-17(2,3)8-15(13)22-11)18-16(19)9-23-12-4-5-24(20,21)10-12/h6,12,14H,4-5,7-10H2,1-3H3,(H,18,19). The highest BCUT2D eigenvalue weighted by atomic mass is 32.2. The molecule has 0 radical (unpaired) electrons. The van der Waals surface area contributed by atoms with Crippen molar-refractivity contribution in [2.45, 2.75) is 51.3 Å². The SMILES string of the molecule is Cc1cc2c(o1)CC(C)(C)CC2NC(=O)CSC1CCS(=O)(=O)C1. The van der Waals surface area contributed by atoms with E-state index in [1.807, 2.05) is 13.0 Å². The van der Waals surface area contributed by atoms with Crippen molar-refractivity contribution in [3.63, 3.8) is 0 Å². The quantitative estimate of drug-likeness (QED) is 0.880. The zero-order valence-corrected chi connectivity index (χ0v) is 16.1. The van der Waals surface area contributed by atoms with E-state index in [2.05, 4.69) is 19.2 Å². The number of rotatable bonds is 4. The first-order chi connectivity index (χ1) is 11.1. The van der Waals surface area contributed by atoms with E-state index in [4.69, 9.17) is 4.42 Å². The number of sulfone groups is 1. The molecule has 7 heteroatoms. The predicted molar refractivity (Wildman–Crippen MR) is 95.9 cm³/mol. The maximum atomic E-state index is 12.3. The molecule has 5 nitrogen and oxygen atoms in total. The Balaban J connectivity index is 1.60. The van der Waals surface area contributed by atoms with Gasteiger partial charge in [0, 0.05) is 17.2 Å². The Morgan fingerprint density at radius 3 is 2.88 bits per heavy atom. The molecule has 2 atom stereocenters. The molecule has 1 fully saturated rings. The molecule has 24 heavy (non-hydrogen) atoms. The molecule has 0 aromatic carbocycles. The minimum Gasteiger partial charge on any atom is -0.466 e. The molecule has 1 saturated heterocycles. The van der Waals surface area contributed by atoms with Crippen molar-refractivity contribution in [3.05, 3.63) is 23.2 Å². The van der Waals surface area contributed by atoms with E-state index in [1.54, 1.807) is 0 Å². The van der Waals surface area contributed by atoms with Crippen LogP contribution in [0.25, 0.3) is 0 Å². The van der Waals surface area contributed by atoms with Gasteiger partial charge >= 0.3 is 0 Å². The van der Waals surface area contributed by atoms with Crippen molar-refractivity contribution in [1.82, 2.24) is 5.32 Å². The third-order valence-electron chi connectivity index (χ3n) is 4.71. The molecular formula is C17H25NO4S2. The summed E-state index contributed by atoms with van der Waals surface area (Å²) < 4.78 is 28.8. The van der Waals surface area contributed by atoms with Crippen LogP contribution in [0.3, 0.4) is 0 Å². The normalized spacial score (nSPS) is 27.6. The van der Waals surface area contributed by atoms with E-state index < -0.39 is 9.84 Å². The van der Waals surface area contributed by atoms with Gasteiger partial charge in [0.2, 0.25) is 5.91 Å². The molecule has 1 aliphatic heterocycles. The molecule has 1 aromatic heterocycles. The Kier molecular flexibility index (Phi) is 4.77. The molecule has 1 aliphatic carbocycles. The van der Waals surface area contributed by atoms with Gasteiger partial charge in [0.15, 0.2) is 9.84 Å². The molecule has 1 N–H and O–H groups in total. The highest BCUT2D eigenvalue weighted by molar-refractivity contribution is 8.02. The van der Waals surface area contributed by atoms with Crippen LogP contribution < -0.4 is 5.32 Å². The van der Waals surface area contributed by atoms with Gasteiger partial charge in [-0.3, -0.25) is 4.79 Å². The summed E-state index contributed by atoms with van der Waals surface area (Å²) in [5.41, 5.74) is 1.18. The molecule has 2 unspecified atom stereocenters. The van der Waals surface area contributed by atoms with Crippen LogP contribution >= 0.6 is 11.8 Å². The van der Waals surface area contributed by atoms with Crippen molar-refractivity contribution >= 4 is 27.5 Å². The summed E-state index contributed by atoms with van der Waals surface area (Å²) in [4.78, 5) is 12.3. The first-order valence-electron chi connectivity index (χ1n) is 8.34. The fourth-order valence-corrected chi connectivity index (χ4v) is 7.09. The molecule has 134 valence electrons. The molecule has 0 bridgehead atoms. The summed E-state index contributed by atoms with van der Waals surface area (Å²) in [6.07, 6.45) is 2.42. The molecule has 2 heterocycles. The Morgan fingerprint density at radius 2 is 2.21 bits per heavy atom. The number of hydrogen-bond acceptors (Lipinski definition) is 5. The van der Waals surface area contributed by atoms with E-state index >= 15 is 0 Å². The van der Waals surface area contributed by atoms with Crippen LogP contribution in [0.15, 0.2) is 10.5 Å². The van der Waals surface area contributed by atoms with Gasteiger partial charge in [-0.25, -0.2) is 8.42 Å². The minimum absolute atomic E-state index is 0.0263. The van der Waals surface area contributed by atoms with Gasteiger partial charge in [0.05, 0.1) is 23.3 Å². The monoisotopic (exact) mass is 371 g/mol. The van der Waals surface area contributed by atoms with Crippen molar-refractivity contribution < 1.29 is 17.6 Å². The number of carbonyl (C=O) groups excluding carboxylic acids is 1. The number of carbonyl (C=O) groups is 1. The Bertz CT molecular complexity index is 736. The largest absolute Gasteiger partial charge is 0.466 e. The van der Waals surface area contributed by atoms with Gasteiger partial charge in [-0.1, -0.05) is 13.8 Å². The fraction of sp³-hybridized carbons (Fsp3) is 0.706. The summed E-state index contributed by atoms with van der Waals surface area (Å²) in [5, 5.41) is 3.17. The molecule has 2 aliphatic rings. The molecule has 3 rings (SSSR count). The van der Waals surface area contributed by atoms with Crippen LogP contribution in [0.1, 0.15) is 49.8 Å². The highest BCUT2D eigenvalue weighted by Crippen LogP contribution is 2.42. The lowest BCUT2D eigenvalue weighted by molar-refractivity contribution is -0.119. The summed E-state index contributed by atoms with van der Waals surface area (Å²) in [6.45, 7) is 6.30. The summed E-state index contributed by atoms with van der Waals surface area (Å²) >= 11 is 1.45. The van der Waals surface area contributed by atoms with Crippen molar-refractivity contribution in [3.8, 4) is 0 Å². The van der Waals surface area contributed by atoms with Crippen LogP contribution in [-0.2, 0) is 21.1 Å². The molecule has 1 amide bonds. The molecule has 1 aromatic rings. The topological polar surface area (TPSA) is 76.4 Å². The Hall–Kier alpha value is -0.950. The minimum atomic E-state index is -2.89.